The molecule has 1 aliphatic heterocycles. The van der Waals surface area contributed by atoms with E-state index in [2.05, 4.69) is 12.0 Å². The average molecular weight is 233 g/mol. The summed E-state index contributed by atoms with van der Waals surface area (Å²) in [5, 5.41) is 9.05. The van der Waals surface area contributed by atoms with Crippen molar-refractivity contribution in [2.45, 2.75) is 51.2 Å². The third-order valence-electron chi connectivity index (χ3n) is 3.62. The fraction of sp³-hybridized carbons (Fsp3) is 0.692. The maximum absolute atomic E-state index is 12.4. The van der Waals surface area contributed by atoms with Gasteiger partial charge in [-0.1, -0.05) is 19.8 Å². The van der Waals surface area contributed by atoms with Crippen LogP contribution in [0.15, 0.2) is 0 Å². The number of hydrogen-bond acceptors (Lipinski definition) is 3. The van der Waals surface area contributed by atoms with Gasteiger partial charge in [0.15, 0.2) is 0 Å². The monoisotopic (exact) mass is 233 g/mol. The van der Waals surface area contributed by atoms with Crippen molar-refractivity contribution in [3.8, 4) is 18.4 Å². The summed E-state index contributed by atoms with van der Waals surface area (Å²) in [6, 6.07) is 1.39. The summed E-state index contributed by atoms with van der Waals surface area (Å²) in [7, 11) is 0. The predicted molar refractivity (Wildman–Crippen MR) is 65.5 cm³/mol. The predicted octanol–water partition coefficient (Wildman–Crippen LogP) is 0.876. The fourth-order valence-corrected chi connectivity index (χ4v) is 1.91. The second-order valence-corrected chi connectivity index (χ2v) is 5.05. The highest BCUT2D eigenvalue weighted by Crippen LogP contribution is 2.28. The van der Waals surface area contributed by atoms with Crippen molar-refractivity contribution in [2.24, 2.45) is 11.7 Å². The highest BCUT2D eigenvalue weighted by Gasteiger charge is 2.44. The van der Waals surface area contributed by atoms with Gasteiger partial charge in [-0.15, -0.1) is 6.42 Å². The van der Waals surface area contributed by atoms with Crippen LogP contribution in [-0.4, -0.2) is 28.4 Å². The SMILES string of the molecule is C#C[C@H]1CC[C@@H](C#N)N1C(=O)[C@@](C)(N)C(C)C. The van der Waals surface area contributed by atoms with E-state index in [1.54, 1.807) is 6.92 Å². The molecule has 1 heterocycles. The van der Waals surface area contributed by atoms with Crippen molar-refractivity contribution in [3.63, 3.8) is 0 Å². The molecule has 0 aromatic rings. The molecule has 0 unspecified atom stereocenters. The van der Waals surface area contributed by atoms with Crippen molar-refractivity contribution in [3.05, 3.63) is 0 Å². The minimum atomic E-state index is -0.978. The lowest BCUT2D eigenvalue weighted by molar-refractivity contribution is -0.139. The van der Waals surface area contributed by atoms with Crippen molar-refractivity contribution in [1.82, 2.24) is 4.90 Å². The molecule has 0 aliphatic carbocycles. The zero-order valence-corrected chi connectivity index (χ0v) is 10.6. The summed E-state index contributed by atoms with van der Waals surface area (Å²) in [6.07, 6.45) is 6.71. The molecule has 2 N–H and O–H groups in total. The van der Waals surface area contributed by atoms with Gasteiger partial charge in [-0.3, -0.25) is 4.79 Å². The van der Waals surface area contributed by atoms with Crippen LogP contribution < -0.4 is 5.73 Å². The summed E-state index contributed by atoms with van der Waals surface area (Å²) in [5.41, 5.74) is 5.07. The standard InChI is InChI=1S/C13H19N3O/c1-5-10-6-7-11(8-14)16(10)12(17)13(4,15)9(2)3/h1,9-11H,6-7,15H2,2-4H3/t10-,11-,13-/m0/s1. The highest BCUT2D eigenvalue weighted by atomic mass is 16.2. The van der Waals surface area contributed by atoms with Gasteiger partial charge in [0.05, 0.1) is 17.6 Å². The van der Waals surface area contributed by atoms with Crippen LogP contribution >= 0.6 is 0 Å². The minimum absolute atomic E-state index is 0.00614. The lowest BCUT2D eigenvalue weighted by Crippen LogP contribution is -2.59. The molecule has 1 rings (SSSR count). The highest BCUT2D eigenvalue weighted by molar-refractivity contribution is 5.87. The van der Waals surface area contributed by atoms with E-state index in [9.17, 15) is 4.79 Å². The molecule has 0 radical (unpaired) electrons. The van der Waals surface area contributed by atoms with Crippen molar-refractivity contribution in [1.29, 1.82) is 5.26 Å². The number of terminal acetylenes is 1. The van der Waals surface area contributed by atoms with Gasteiger partial charge in [0, 0.05) is 0 Å². The molecule has 4 nitrogen and oxygen atoms in total. The molecule has 17 heavy (non-hydrogen) atoms. The van der Waals surface area contributed by atoms with E-state index in [0.29, 0.717) is 12.8 Å². The van der Waals surface area contributed by atoms with Crippen LogP contribution in [0.4, 0.5) is 0 Å². The van der Waals surface area contributed by atoms with Crippen LogP contribution in [0.5, 0.6) is 0 Å². The topological polar surface area (TPSA) is 70.1 Å². The maximum Gasteiger partial charge on any atom is 0.244 e. The second-order valence-electron chi connectivity index (χ2n) is 5.05. The number of likely N-dealkylation sites (tertiary alicyclic amines) is 1. The van der Waals surface area contributed by atoms with Gasteiger partial charge < -0.3 is 10.6 Å². The Bertz CT molecular complexity index is 364. The fourth-order valence-electron chi connectivity index (χ4n) is 1.91. The van der Waals surface area contributed by atoms with Crippen LogP contribution in [0, 0.1) is 29.6 Å². The number of nitriles is 1. The van der Waals surface area contributed by atoms with Crippen LogP contribution in [0.2, 0.25) is 0 Å². The third-order valence-corrected chi connectivity index (χ3v) is 3.62. The van der Waals surface area contributed by atoms with Gasteiger partial charge >= 0.3 is 0 Å². The maximum atomic E-state index is 12.4. The van der Waals surface area contributed by atoms with E-state index in [4.69, 9.17) is 17.4 Å². The van der Waals surface area contributed by atoms with E-state index in [1.165, 1.54) is 4.90 Å². The van der Waals surface area contributed by atoms with Gasteiger partial charge in [-0.25, -0.2) is 0 Å². The van der Waals surface area contributed by atoms with Gasteiger partial charge in [0.2, 0.25) is 5.91 Å². The normalized spacial score (nSPS) is 27.4. The van der Waals surface area contributed by atoms with Gasteiger partial charge in [0.25, 0.3) is 0 Å². The molecule has 1 fully saturated rings. The Kier molecular flexibility index (Phi) is 3.80. The summed E-state index contributed by atoms with van der Waals surface area (Å²) < 4.78 is 0. The van der Waals surface area contributed by atoms with Crippen LogP contribution in [0.1, 0.15) is 33.6 Å². The Hall–Kier alpha value is -1.52. The zero-order valence-electron chi connectivity index (χ0n) is 10.6. The Morgan fingerprint density at radius 2 is 2.06 bits per heavy atom. The summed E-state index contributed by atoms with van der Waals surface area (Å²) in [6.45, 7) is 5.47. The summed E-state index contributed by atoms with van der Waals surface area (Å²) >= 11 is 0. The first-order valence-corrected chi connectivity index (χ1v) is 5.83. The Morgan fingerprint density at radius 3 is 2.47 bits per heavy atom. The lowest BCUT2D eigenvalue weighted by atomic mass is 9.87. The van der Waals surface area contributed by atoms with Crippen molar-refractivity contribution < 1.29 is 4.79 Å². The van der Waals surface area contributed by atoms with Crippen LogP contribution in [0.3, 0.4) is 0 Å². The molecule has 3 atom stereocenters. The quantitative estimate of drug-likeness (QED) is 0.720. The molecule has 0 saturated carbocycles. The Balaban J connectivity index is 3.02. The zero-order chi connectivity index (χ0) is 13.2. The molecule has 1 aliphatic rings. The summed E-state index contributed by atoms with van der Waals surface area (Å²) in [5.74, 6) is 2.34. The first-order valence-electron chi connectivity index (χ1n) is 5.83. The lowest BCUT2D eigenvalue weighted by Gasteiger charge is -2.35. The third kappa shape index (κ3) is 2.28. The molecule has 0 aromatic carbocycles. The molecule has 4 heteroatoms. The number of carbonyl (C=O) groups is 1. The number of carbonyl (C=O) groups excluding carboxylic acids is 1. The molecule has 0 spiro atoms. The Labute approximate surface area is 103 Å². The van der Waals surface area contributed by atoms with Gasteiger partial charge in [0.1, 0.15) is 6.04 Å². The number of nitrogens with two attached hydrogens (primary N) is 1. The number of amides is 1. The van der Waals surface area contributed by atoms with E-state index < -0.39 is 11.6 Å². The number of nitrogens with zero attached hydrogens (tertiary/aromatic N) is 2. The first kappa shape index (κ1) is 13.5. The molecule has 1 amide bonds. The molecule has 92 valence electrons. The van der Waals surface area contributed by atoms with E-state index in [1.807, 2.05) is 13.8 Å². The van der Waals surface area contributed by atoms with Gasteiger partial charge in [-0.05, 0) is 25.7 Å². The van der Waals surface area contributed by atoms with Crippen molar-refractivity contribution in [2.75, 3.05) is 0 Å². The minimum Gasteiger partial charge on any atom is -0.317 e. The van der Waals surface area contributed by atoms with E-state index in [-0.39, 0.29) is 17.9 Å². The molecule has 1 saturated heterocycles. The number of hydrogen-bond donors (Lipinski definition) is 1. The van der Waals surface area contributed by atoms with Gasteiger partial charge in [-0.2, -0.15) is 5.26 Å². The average Bonchev–Trinajstić information content (AvgIpc) is 2.69. The van der Waals surface area contributed by atoms with Crippen LogP contribution in [-0.2, 0) is 4.79 Å². The summed E-state index contributed by atoms with van der Waals surface area (Å²) in [4.78, 5) is 13.9. The Morgan fingerprint density at radius 1 is 1.53 bits per heavy atom. The van der Waals surface area contributed by atoms with Crippen LogP contribution in [0.25, 0.3) is 0 Å². The van der Waals surface area contributed by atoms with Crippen molar-refractivity contribution >= 4 is 5.91 Å². The smallest absolute Gasteiger partial charge is 0.244 e. The molecule has 0 aromatic heterocycles. The second kappa shape index (κ2) is 4.77. The first-order chi connectivity index (χ1) is 7.86. The van der Waals surface area contributed by atoms with E-state index in [0.717, 1.165) is 0 Å². The largest absolute Gasteiger partial charge is 0.317 e. The number of rotatable bonds is 2. The molecule has 0 bridgehead atoms. The van der Waals surface area contributed by atoms with E-state index >= 15 is 0 Å². The molecular weight excluding hydrogens is 214 g/mol. The molecular formula is C13H19N3O.